The molecule has 0 atom stereocenters. The number of hydrogen-bond acceptors (Lipinski definition) is 2. The lowest BCUT2D eigenvalue weighted by Crippen LogP contribution is -2.26. The predicted octanol–water partition coefficient (Wildman–Crippen LogP) is 3.08. The van der Waals surface area contributed by atoms with Crippen molar-refractivity contribution in [2.45, 2.75) is 13.8 Å². The van der Waals surface area contributed by atoms with Crippen molar-refractivity contribution in [3.8, 4) is 5.75 Å². The Morgan fingerprint density at radius 3 is 2.38 bits per heavy atom. The highest BCUT2D eigenvalue weighted by Crippen LogP contribution is 2.24. The average Bonchev–Trinajstić information content (AvgIpc) is 2.17. The summed E-state index contributed by atoms with van der Waals surface area (Å²) in [4.78, 5) is 5.63. The summed E-state index contributed by atoms with van der Waals surface area (Å²) in [7, 11) is 0. The first-order chi connectivity index (χ1) is 6.27. The molecule has 0 N–H and O–H groups in total. The summed E-state index contributed by atoms with van der Waals surface area (Å²) >= 11 is 3.43. The van der Waals surface area contributed by atoms with Gasteiger partial charge in [0, 0.05) is 13.1 Å². The second kappa shape index (κ2) is 5.25. The molecule has 0 saturated carbocycles. The van der Waals surface area contributed by atoms with Crippen molar-refractivity contribution in [1.29, 1.82) is 0 Å². The quantitative estimate of drug-likeness (QED) is 0.754. The third kappa shape index (κ3) is 3.01. The van der Waals surface area contributed by atoms with Crippen molar-refractivity contribution in [3.05, 3.63) is 28.7 Å². The van der Waals surface area contributed by atoms with Crippen molar-refractivity contribution < 1.29 is 4.84 Å². The molecular weight excluding hydrogens is 230 g/mol. The molecule has 0 heterocycles. The Balaban J connectivity index is 2.67. The molecule has 0 amide bonds. The van der Waals surface area contributed by atoms with Crippen LogP contribution < -0.4 is 4.84 Å². The molecule has 0 aliphatic heterocycles. The molecule has 1 aromatic rings. The maximum atomic E-state index is 5.63. The van der Waals surface area contributed by atoms with Crippen LogP contribution in [0.4, 0.5) is 0 Å². The SMILES string of the molecule is CCN(CC)Oc1ccccc1Br. The van der Waals surface area contributed by atoms with Crippen molar-refractivity contribution in [3.63, 3.8) is 0 Å². The van der Waals surface area contributed by atoms with Gasteiger partial charge in [0.25, 0.3) is 0 Å². The van der Waals surface area contributed by atoms with E-state index in [0.717, 1.165) is 23.3 Å². The Hall–Kier alpha value is -0.540. The van der Waals surface area contributed by atoms with Gasteiger partial charge in [0.1, 0.15) is 0 Å². The third-order valence-electron chi connectivity index (χ3n) is 1.77. The molecule has 72 valence electrons. The van der Waals surface area contributed by atoms with E-state index in [1.54, 1.807) is 0 Å². The normalized spacial score (nSPS) is 10.5. The van der Waals surface area contributed by atoms with E-state index in [4.69, 9.17) is 4.84 Å². The third-order valence-corrected chi connectivity index (χ3v) is 2.42. The minimum absolute atomic E-state index is 0.867. The molecule has 0 unspecified atom stereocenters. The van der Waals surface area contributed by atoms with Crippen molar-refractivity contribution in [2.24, 2.45) is 0 Å². The zero-order valence-electron chi connectivity index (χ0n) is 7.96. The molecule has 0 spiro atoms. The molecule has 1 rings (SSSR count). The fourth-order valence-electron chi connectivity index (χ4n) is 1.01. The maximum Gasteiger partial charge on any atom is 0.161 e. The van der Waals surface area contributed by atoms with Crippen molar-refractivity contribution >= 4 is 15.9 Å². The van der Waals surface area contributed by atoms with E-state index in [1.165, 1.54) is 0 Å². The van der Waals surface area contributed by atoms with Gasteiger partial charge in [-0.25, -0.2) is 0 Å². The number of halogens is 1. The number of para-hydroxylation sites is 1. The molecule has 1 aromatic carbocycles. The van der Waals surface area contributed by atoms with E-state index >= 15 is 0 Å². The topological polar surface area (TPSA) is 12.5 Å². The molecule has 0 aliphatic carbocycles. The number of hydrogen-bond donors (Lipinski definition) is 0. The Kier molecular flexibility index (Phi) is 4.25. The lowest BCUT2D eigenvalue weighted by molar-refractivity contribution is -0.0493. The molecule has 2 nitrogen and oxygen atoms in total. The Labute approximate surface area is 87.6 Å². The Morgan fingerprint density at radius 2 is 1.85 bits per heavy atom. The molecule has 0 fully saturated rings. The van der Waals surface area contributed by atoms with E-state index in [-0.39, 0.29) is 0 Å². The second-order valence-electron chi connectivity index (χ2n) is 2.64. The van der Waals surface area contributed by atoms with E-state index in [2.05, 4.69) is 29.8 Å². The van der Waals surface area contributed by atoms with Crippen LogP contribution in [0.3, 0.4) is 0 Å². The number of benzene rings is 1. The number of hydroxylamine groups is 2. The van der Waals surface area contributed by atoms with Gasteiger partial charge >= 0.3 is 0 Å². The van der Waals surface area contributed by atoms with Crippen molar-refractivity contribution in [1.82, 2.24) is 5.06 Å². The van der Waals surface area contributed by atoms with Crippen LogP contribution in [0.5, 0.6) is 5.75 Å². The molecule has 0 aliphatic rings. The van der Waals surface area contributed by atoms with Gasteiger partial charge in [0.05, 0.1) is 4.47 Å². The first-order valence-corrected chi connectivity index (χ1v) is 5.24. The van der Waals surface area contributed by atoms with E-state index in [0.29, 0.717) is 0 Å². The van der Waals surface area contributed by atoms with E-state index in [9.17, 15) is 0 Å². The summed E-state index contributed by atoms with van der Waals surface area (Å²) in [6, 6.07) is 7.85. The first kappa shape index (κ1) is 10.5. The lowest BCUT2D eigenvalue weighted by Gasteiger charge is -2.19. The molecule has 0 radical (unpaired) electrons. The molecule has 0 saturated heterocycles. The summed E-state index contributed by atoms with van der Waals surface area (Å²) in [5.74, 6) is 0.867. The fraction of sp³-hybridized carbons (Fsp3) is 0.400. The van der Waals surface area contributed by atoms with E-state index in [1.807, 2.05) is 29.3 Å². The first-order valence-electron chi connectivity index (χ1n) is 4.45. The smallest absolute Gasteiger partial charge is 0.161 e. The van der Waals surface area contributed by atoms with Gasteiger partial charge in [-0.2, -0.15) is 0 Å². The Bertz CT molecular complexity index is 261. The van der Waals surface area contributed by atoms with Gasteiger partial charge in [0.15, 0.2) is 5.75 Å². The second-order valence-corrected chi connectivity index (χ2v) is 3.49. The largest absolute Gasteiger partial charge is 0.405 e. The van der Waals surface area contributed by atoms with Crippen LogP contribution in [0.2, 0.25) is 0 Å². The van der Waals surface area contributed by atoms with Crippen LogP contribution in [-0.2, 0) is 0 Å². The zero-order chi connectivity index (χ0) is 9.68. The van der Waals surface area contributed by atoms with Crippen LogP contribution >= 0.6 is 15.9 Å². The van der Waals surface area contributed by atoms with Gasteiger partial charge in [-0.3, -0.25) is 0 Å². The van der Waals surface area contributed by atoms with Gasteiger partial charge in [-0.05, 0) is 41.9 Å². The van der Waals surface area contributed by atoms with Crippen LogP contribution in [0.25, 0.3) is 0 Å². The number of nitrogens with zero attached hydrogens (tertiary/aromatic N) is 1. The van der Waals surface area contributed by atoms with Crippen LogP contribution in [0, 0.1) is 0 Å². The lowest BCUT2D eigenvalue weighted by atomic mass is 10.3. The van der Waals surface area contributed by atoms with Gasteiger partial charge in [-0.15, -0.1) is 5.06 Å². The van der Waals surface area contributed by atoms with Gasteiger partial charge in [0.2, 0.25) is 0 Å². The van der Waals surface area contributed by atoms with Crippen molar-refractivity contribution in [2.75, 3.05) is 13.1 Å². The highest BCUT2D eigenvalue weighted by Gasteiger charge is 2.04. The molecule has 0 aromatic heterocycles. The van der Waals surface area contributed by atoms with Crippen LogP contribution in [-0.4, -0.2) is 18.2 Å². The highest BCUT2D eigenvalue weighted by atomic mass is 79.9. The summed E-state index contributed by atoms with van der Waals surface area (Å²) in [6.07, 6.45) is 0. The van der Waals surface area contributed by atoms with E-state index < -0.39 is 0 Å². The fourth-order valence-corrected chi connectivity index (χ4v) is 1.37. The number of rotatable bonds is 4. The monoisotopic (exact) mass is 243 g/mol. The minimum atomic E-state index is 0.867. The summed E-state index contributed by atoms with van der Waals surface area (Å²) in [5, 5.41) is 1.90. The van der Waals surface area contributed by atoms with Crippen LogP contribution in [0.15, 0.2) is 28.7 Å². The molecular formula is C10H14BrNO. The molecule has 0 bridgehead atoms. The van der Waals surface area contributed by atoms with Gasteiger partial charge in [-0.1, -0.05) is 12.1 Å². The standard InChI is InChI=1S/C10H14BrNO/c1-3-12(4-2)13-10-8-6-5-7-9(10)11/h5-8H,3-4H2,1-2H3. The average molecular weight is 244 g/mol. The maximum absolute atomic E-state index is 5.63. The molecule has 13 heavy (non-hydrogen) atoms. The predicted molar refractivity (Wildman–Crippen MR) is 57.7 cm³/mol. The molecule has 3 heteroatoms. The minimum Gasteiger partial charge on any atom is -0.405 e. The zero-order valence-corrected chi connectivity index (χ0v) is 9.54. The highest BCUT2D eigenvalue weighted by molar-refractivity contribution is 9.10. The summed E-state index contributed by atoms with van der Waals surface area (Å²) in [5.41, 5.74) is 0. The van der Waals surface area contributed by atoms with Gasteiger partial charge < -0.3 is 4.84 Å². The Morgan fingerprint density at radius 1 is 1.23 bits per heavy atom. The van der Waals surface area contributed by atoms with Crippen LogP contribution in [0.1, 0.15) is 13.8 Å². The summed E-state index contributed by atoms with van der Waals surface area (Å²) in [6.45, 7) is 5.91. The summed E-state index contributed by atoms with van der Waals surface area (Å²) < 4.78 is 0.988.